The molecule has 0 radical (unpaired) electrons. The van der Waals surface area contributed by atoms with Gasteiger partial charge in [0.15, 0.2) is 0 Å². The van der Waals surface area contributed by atoms with Crippen LogP contribution in [0, 0.1) is 5.82 Å². The highest BCUT2D eigenvalue weighted by molar-refractivity contribution is 5.38. The predicted molar refractivity (Wildman–Crippen MR) is 66.1 cm³/mol. The molecule has 1 atom stereocenters. The first-order valence-electron chi connectivity index (χ1n) is 6.43. The summed E-state index contributed by atoms with van der Waals surface area (Å²) in [5.74, 6) is 0.315. The Hall–Kier alpha value is -1.13. The van der Waals surface area contributed by atoms with E-state index in [1.807, 2.05) is 0 Å². The molecule has 98 valence electrons. The molecule has 2 aliphatic heterocycles. The number of ether oxygens (including phenoxy) is 1. The molecule has 1 N–H and O–H groups in total. The highest BCUT2D eigenvalue weighted by Crippen LogP contribution is 2.44. The fourth-order valence-corrected chi connectivity index (χ4v) is 2.94. The van der Waals surface area contributed by atoms with E-state index in [2.05, 4.69) is 11.9 Å². The van der Waals surface area contributed by atoms with E-state index < -0.39 is 6.10 Å². The molecule has 1 fully saturated rings. The van der Waals surface area contributed by atoms with Gasteiger partial charge in [-0.2, -0.15) is 0 Å². The van der Waals surface area contributed by atoms with Crippen LogP contribution in [0.4, 0.5) is 4.39 Å². The van der Waals surface area contributed by atoms with Crippen LogP contribution in [-0.2, 0) is 0 Å². The van der Waals surface area contributed by atoms with Crippen LogP contribution in [0.15, 0.2) is 18.2 Å². The lowest BCUT2D eigenvalue weighted by molar-refractivity contribution is -0.0505. The van der Waals surface area contributed by atoms with Crippen molar-refractivity contribution in [2.75, 3.05) is 20.1 Å². The van der Waals surface area contributed by atoms with Gasteiger partial charge in [-0.25, -0.2) is 4.39 Å². The van der Waals surface area contributed by atoms with Gasteiger partial charge in [0.25, 0.3) is 0 Å². The highest BCUT2D eigenvalue weighted by atomic mass is 19.1. The van der Waals surface area contributed by atoms with Gasteiger partial charge in [-0.1, -0.05) is 0 Å². The Bertz CT molecular complexity index is 455. The van der Waals surface area contributed by atoms with Crippen LogP contribution in [0.25, 0.3) is 0 Å². The minimum Gasteiger partial charge on any atom is -0.487 e. The van der Waals surface area contributed by atoms with Crippen molar-refractivity contribution < 1.29 is 14.2 Å². The quantitative estimate of drug-likeness (QED) is 0.766. The number of benzene rings is 1. The molecule has 0 aliphatic carbocycles. The number of aliphatic hydroxyl groups excluding tert-OH is 1. The van der Waals surface area contributed by atoms with Crippen LogP contribution >= 0.6 is 0 Å². The fraction of sp³-hybridized carbons (Fsp3) is 0.571. The Kier molecular flexibility index (Phi) is 2.79. The third kappa shape index (κ3) is 1.99. The van der Waals surface area contributed by atoms with Crippen molar-refractivity contribution in [2.45, 2.75) is 31.0 Å². The first-order valence-corrected chi connectivity index (χ1v) is 6.43. The summed E-state index contributed by atoms with van der Waals surface area (Å²) < 4.78 is 19.3. The molecule has 2 aliphatic rings. The largest absolute Gasteiger partial charge is 0.487 e. The highest BCUT2D eigenvalue weighted by Gasteiger charge is 2.42. The molecule has 1 spiro atoms. The minimum atomic E-state index is -0.618. The SMILES string of the molecule is CN1CCC2(CC1)C[C@H](O)c1cc(F)ccc1O2. The van der Waals surface area contributed by atoms with Gasteiger partial charge in [-0.3, -0.25) is 0 Å². The Morgan fingerprint density at radius 3 is 2.83 bits per heavy atom. The van der Waals surface area contributed by atoms with Gasteiger partial charge in [-0.15, -0.1) is 0 Å². The molecule has 0 saturated carbocycles. The zero-order chi connectivity index (χ0) is 12.8. The molecule has 0 amide bonds. The van der Waals surface area contributed by atoms with Crippen LogP contribution < -0.4 is 4.74 Å². The van der Waals surface area contributed by atoms with E-state index in [1.54, 1.807) is 6.07 Å². The van der Waals surface area contributed by atoms with E-state index >= 15 is 0 Å². The summed E-state index contributed by atoms with van der Waals surface area (Å²) in [7, 11) is 2.09. The molecule has 3 nitrogen and oxygen atoms in total. The number of halogens is 1. The van der Waals surface area contributed by atoms with Crippen LogP contribution in [-0.4, -0.2) is 35.7 Å². The fourth-order valence-electron chi connectivity index (χ4n) is 2.94. The van der Waals surface area contributed by atoms with Gasteiger partial charge in [0.2, 0.25) is 0 Å². The van der Waals surface area contributed by atoms with E-state index in [-0.39, 0.29) is 11.4 Å². The van der Waals surface area contributed by atoms with Gasteiger partial charge in [-0.05, 0) is 38.1 Å². The number of nitrogens with zero attached hydrogens (tertiary/aromatic N) is 1. The molecule has 3 rings (SSSR count). The number of rotatable bonds is 0. The summed E-state index contributed by atoms with van der Waals surface area (Å²) in [5, 5.41) is 10.2. The Morgan fingerprint density at radius 2 is 2.11 bits per heavy atom. The molecular weight excluding hydrogens is 233 g/mol. The summed E-state index contributed by atoms with van der Waals surface area (Å²) in [4.78, 5) is 2.27. The van der Waals surface area contributed by atoms with Crippen molar-refractivity contribution in [3.8, 4) is 5.75 Å². The molecular formula is C14H18FNO2. The monoisotopic (exact) mass is 251 g/mol. The van der Waals surface area contributed by atoms with Crippen LogP contribution in [0.5, 0.6) is 5.75 Å². The summed E-state index contributed by atoms with van der Waals surface area (Å²) in [6.45, 7) is 1.95. The molecule has 2 heterocycles. The maximum absolute atomic E-state index is 13.2. The van der Waals surface area contributed by atoms with Crippen LogP contribution in [0.2, 0.25) is 0 Å². The molecule has 1 saturated heterocycles. The van der Waals surface area contributed by atoms with Crippen molar-refractivity contribution in [3.63, 3.8) is 0 Å². The van der Waals surface area contributed by atoms with Crippen LogP contribution in [0.1, 0.15) is 30.9 Å². The maximum Gasteiger partial charge on any atom is 0.126 e. The number of fused-ring (bicyclic) bond motifs is 1. The Labute approximate surface area is 106 Å². The molecule has 18 heavy (non-hydrogen) atoms. The van der Waals surface area contributed by atoms with E-state index in [9.17, 15) is 9.50 Å². The third-order valence-electron chi connectivity index (χ3n) is 4.12. The normalized spacial score (nSPS) is 26.7. The predicted octanol–water partition coefficient (Wildman–Crippen LogP) is 2.11. The summed E-state index contributed by atoms with van der Waals surface area (Å²) in [6, 6.07) is 4.40. The molecule has 1 aromatic rings. The van der Waals surface area contributed by atoms with E-state index in [0.29, 0.717) is 17.7 Å². The zero-order valence-electron chi connectivity index (χ0n) is 10.5. The number of hydrogen-bond acceptors (Lipinski definition) is 3. The van der Waals surface area contributed by atoms with E-state index in [4.69, 9.17) is 4.74 Å². The molecule has 4 heteroatoms. The van der Waals surface area contributed by atoms with Crippen molar-refractivity contribution >= 4 is 0 Å². The molecule has 0 aromatic heterocycles. The maximum atomic E-state index is 13.2. The van der Waals surface area contributed by atoms with E-state index in [1.165, 1.54) is 12.1 Å². The first-order chi connectivity index (χ1) is 8.58. The van der Waals surface area contributed by atoms with Gasteiger partial charge in [0.05, 0.1) is 6.10 Å². The van der Waals surface area contributed by atoms with Gasteiger partial charge in [0, 0.05) is 25.1 Å². The van der Waals surface area contributed by atoms with Crippen molar-refractivity contribution in [1.29, 1.82) is 0 Å². The summed E-state index contributed by atoms with van der Waals surface area (Å²) >= 11 is 0. The average molecular weight is 251 g/mol. The second-order valence-corrected chi connectivity index (χ2v) is 5.49. The average Bonchev–Trinajstić information content (AvgIpc) is 2.35. The first kappa shape index (κ1) is 11.9. The van der Waals surface area contributed by atoms with Gasteiger partial charge >= 0.3 is 0 Å². The topological polar surface area (TPSA) is 32.7 Å². The van der Waals surface area contributed by atoms with Crippen LogP contribution in [0.3, 0.4) is 0 Å². The zero-order valence-corrected chi connectivity index (χ0v) is 10.5. The lowest BCUT2D eigenvalue weighted by Crippen LogP contribution is -2.49. The van der Waals surface area contributed by atoms with Crippen molar-refractivity contribution in [3.05, 3.63) is 29.6 Å². The molecule has 0 bridgehead atoms. The summed E-state index contributed by atoms with van der Waals surface area (Å²) in [6.07, 6.45) is 1.78. The smallest absolute Gasteiger partial charge is 0.126 e. The number of piperidine rings is 1. The second-order valence-electron chi connectivity index (χ2n) is 5.49. The van der Waals surface area contributed by atoms with Gasteiger partial charge in [0.1, 0.15) is 17.2 Å². The summed E-state index contributed by atoms with van der Waals surface area (Å²) in [5.41, 5.74) is 0.316. The van der Waals surface area contributed by atoms with Crippen molar-refractivity contribution in [2.24, 2.45) is 0 Å². The van der Waals surface area contributed by atoms with Gasteiger partial charge < -0.3 is 14.7 Å². The number of hydrogen-bond donors (Lipinski definition) is 1. The molecule has 1 aromatic carbocycles. The number of aliphatic hydroxyl groups is 1. The van der Waals surface area contributed by atoms with E-state index in [0.717, 1.165) is 25.9 Å². The third-order valence-corrected chi connectivity index (χ3v) is 4.12. The Morgan fingerprint density at radius 1 is 1.39 bits per heavy atom. The van der Waals surface area contributed by atoms with Crippen molar-refractivity contribution in [1.82, 2.24) is 4.90 Å². The standard InChI is InChI=1S/C14H18FNO2/c1-16-6-4-14(5-7-16)9-12(17)11-8-10(15)2-3-13(11)18-14/h2-3,8,12,17H,4-7,9H2,1H3/t12-/m0/s1. The molecule has 0 unspecified atom stereocenters. The minimum absolute atomic E-state index is 0.267. The number of likely N-dealkylation sites (tertiary alicyclic amines) is 1. The Balaban J connectivity index is 1.89. The lowest BCUT2D eigenvalue weighted by Gasteiger charge is -2.45. The second kappa shape index (κ2) is 4.21. The lowest BCUT2D eigenvalue weighted by atomic mass is 9.82.